The Morgan fingerprint density at radius 3 is 2.69 bits per heavy atom. The van der Waals surface area contributed by atoms with Crippen molar-refractivity contribution in [1.29, 1.82) is 0 Å². The topological polar surface area (TPSA) is 44.8 Å². The van der Waals surface area contributed by atoms with E-state index in [1.807, 2.05) is 0 Å². The maximum atomic E-state index is 11.4. The van der Waals surface area contributed by atoms with Gasteiger partial charge < -0.3 is 14.2 Å². The third-order valence-electron chi connectivity index (χ3n) is 1.93. The van der Waals surface area contributed by atoms with Crippen molar-refractivity contribution >= 4 is 17.6 Å². The lowest BCUT2D eigenvalue weighted by Crippen LogP contribution is -2.07. The van der Waals surface area contributed by atoms with Crippen LogP contribution < -0.4 is 9.47 Å². The number of rotatable bonds is 5. The Bertz CT molecular complexity index is 365. The lowest BCUT2D eigenvalue weighted by atomic mass is 10.2. The second-order valence-electron chi connectivity index (χ2n) is 2.89. The molecule has 4 nitrogen and oxygen atoms in total. The standard InChI is InChI=1S/C11H13ClO4/c1-14-8-3-4-9(11(13)15-2)10(7-8)16-6-5-12/h3-4,7H,5-6H2,1-2H3. The lowest BCUT2D eigenvalue weighted by molar-refractivity contribution is 0.0596. The molecular weight excluding hydrogens is 232 g/mol. The van der Waals surface area contributed by atoms with Crippen LogP contribution in [-0.4, -0.2) is 32.7 Å². The van der Waals surface area contributed by atoms with E-state index in [-0.39, 0.29) is 0 Å². The van der Waals surface area contributed by atoms with Crippen molar-refractivity contribution in [2.75, 3.05) is 26.7 Å². The van der Waals surface area contributed by atoms with Gasteiger partial charge in [0.25, 0.3) is 0 Å². The molecule has 0 atom stereocenters. The monoisotopic (exact) mass is 244 g/mol. The van der Waals surface area contributed by atoms with Crippen molar-refractivity contribution in [3.63, 3.8) is 0 Å². The van der Waals surface area contributed by atoms with Crippen LogP contribution >= 0.6 is 11.6 Å². The van der Waals surface area contributed by atoms with Crippen molar-refractivity contribution in [3.05, 3.63) is 23.8 Å². The van der Waals surface area contributed by atoms with Crippen molar-refractivity contribution in [2.24, 2.45) is 0 Å². The summed E-state index contributed by atoms with van der Waals surface area (Å²) in [5, 5.41) is 0. The summed E-state index contributed by atoms with van der Waals surface area (Å²) in [5.74, 6) is 0.911. The second kappa shape index (κ2) is 6.23. The molecule has 0 unspecified atom stereocenters. The highest BCUT2D eigenvalue weighted by atomic mass is 35.5. The number of benzene rings is 1. The van der Waals surface area contributed by atoms with E-state index in [2.05, 4.69) is 4.74 Å². The van der Waals surface area contributed by atoms with E-state index in [4.69, 9.17) is 21.1 Å². The molecule has 0 amide bonds. The van der Waals surface area contributed by atoms with E-state index in [0.717, 1.165) is 0 Å². The second-order valence-corrected chi connectivity index (χ2v) is 3.27. The smallest absolute Gasteiger partial charge is 0.341 e. The van der Waals surface area contributed by atoms with Crippen LogP contribution in [0.15, 0.2) is 18.2 Å². The number of alkyl halides is 1. The molecule has 0 heterocycles. The predicted octanol–water partition coefficient (Wildman–Crippen LogP) is 2.10. The van der Waals surface area contributed by atoms with Crippen LogP contribution in [0.5, 0.6) is 11.5 Å². The average molecular weight is 245 g/mol. The quantitative estimate of drug-likeness (QED) is 0.588. The van der Waals surface area contributed by atoms with E-state index in [0.29, 0.717) is 29.5 Å². The summed E-state index contributed by atoms with van der Waals surface area (Å²) in [7, 11) is 2.86. The number of hydrogen-bond acceptors (Lipinski definition) is 4. The van der Waals surface area contributed by atoms with E-state index < -0.39 is 5.97 Å². The number of hydrogen-bond donors (Lipinski definition) is 0. The fraction of sp³-hybridized carbons (Fsp3) is 0.364. The minimum atomic E-state index is -0.452. The molecule has 0 fully saturated rings. The van der Waals surface area contributed by atoms with Gasteiger partial charge in [-0.25, -0.2) is 4.79 Å². The summed E-state index contributed by atoms with van der Waals surface area (Å²) in [6, 6.07) is 4.88. The van der Waals surface area contributed by atoms with Crippen molar-refractivity contribution in [2.45, 2.75) is 0 Å². The summed E-state index contributed by atoms with van der Waals surface area (Å²) < 4.78 is 15.0. The van der Waals surface area contributed by atoms with E-state index in [1.54, 1.807) is 25.3 Å². The molecule has 1 rings (SSSR count). The van der Waals surface area contributed by atoms with Gasteiger partial charge in [-0.3, -0.25) is 0 Å². The van der Waals surface area contributed by atoms with Gasteiger partial charge in [-0.1, -0.05) is 0 Å². The Kier molecular flexibility index (Phi) is 4.92. The van der Waals surface area contributed by atoms with Crippen LogP contribution in [0.3, 0.4) is 0 Å². The van der Waals surface area contributed by atoms with Gasteiger partial charge >= 0.3 is 5.97 Å². The Labute approximate surface area is 99.1 Å². The molecule has 5 heteroatoms. The average Bonchev–Trinajstić information content (AvgIpc) is 2.34. The van der Waals surface area contributed by atoms with E-state index >= 15 is 0 Å². The predicted molar refractivity (Wildman–Crippen MR) is 60.5 cm³/mol. The number of carbonyl (C=O) groups excluding carboxylic acids is 1. The van der Waals surface area contributed by atoms with Crippen LogP contribution in [0.25, 0.3) is 0 Å². The molecule has 0 bridgehead atoms. The van der Waals surface area contributed by atoms with Gasteiger partial charge in [0.05, 0.1) is 20.1 Å². The Balaban J connectivity index is 3.00. The Morgan fingerprint density at radius 2 is 2.12 bits per heavy atom. The molecule has 0 saturated carbocycles. The summed E-state index contributed by atoms with van der Waals surface area (Å²) in [6.45, 7) is 0.318. The van der Waals surface area contributed by atoms with Gasteiger partial charge in [0.1, 0.15) is 23.7 Å². The number of halogens is 1. The number of esters is 1. The molecule has 88 valence electrons. The molecule has 0 aliphatic heterocycles. The fourth-order valence-corrected chi connectivity index (χ4v) is 1.25. The first-order valence-electron chi connectivity index (χ1n) is 4.68. The molecule has 0 saturated heterocycles. The third kappa shape index (κ3) is 3.03. The normalized spacial score (nSPS) is 9.69. The Morgan fingerprint density at radius 1 is 1.38 bits per heavy atom. The highest BCUT2D eigenvalue weighted by molar-refractivity contribution is 6.18. The SMILES string of the molecule is COC(=O)c1ccc(OC)cc1OCCCl. The number of carbonyl (C=O) groups is 1. The Hall–Kier alpha value is -1.42. The molecule has 0 spiro atoms. The largest absolute Gasteiger partial charge is 0.497 e. The van der Waals surface area contributed by atoms with Crippen LogP contribution in [-0.2, 0) is 4.74 Å². The van der Waals surface area contributed by atoms with Crippen LogP contribution in [0, 0.1) is 0 Å². The molecule has 1 aromatic rings. The minimum Gasteiger partial charge on any atom is -0.497 e. The van der Waals surface area contributed by atoms with Crippen molar-refractivity contribution < 1.29 is 19.0 Å². The zero-order valence-corrected chi connectivity index (χ0v) is 9.91. The van der Waals surface area contributed by atoms with Crippen LogP contribution in [0.2, 0.25) is 0 Å². The van der Waals surface area contributed by atoms with E-state index in [1.165, 1.54) is 7.11 Å². The summed E-state index contributed by atoms with van der Waals surface area (Å²) >= 11 is 5.52. The molecule has 0 aromatic heterocycles. The van der Waals surface area contributed by atoms with Gasteiger partial charge in [0, 0.05) is 6.07 Å². The fourth-order valence-electron chi connectivity index (χ4n) is 1.18. The van der Waals surface area contributed by atoms with Gasteiger partial charge in [-0.15, -0.1) is 11.6 Å². The molecule has 1 aromatic carbocycles. The van der Waals surface area contributed by atoms with Gasteiger partial charge in [0.2, 0.25) is 0 Å². The summed E-state index contributed by atoms with van der Waals surface area (Å²) in [5.41, 5.74) is 0.355. The van der Waals surface area contributed by atoms with Gasteiger partial charge in [0.15, 0.2) is 0 Å². The van der Waals surface area contributed by atoms with Gasteiger partial charge in [-0.2, -0.15) is 0 Å². The highest BCUT2D eigenvalue weighted by Gasteiger charge is 2.13. The van der Waals surface area contributed by atoms with Gasteiger partial charge in [-0.05, 0) is 12.1 Å². The van der Waals surface area contributed by atoms with E-state index in [9.17, 15) is 4.79 Å². The molecule has 0 N–H and O–H groups in total. The maximum Gasteiger partial charge on any atom is 0.341 e. The lowest BCUT2D eigenvalue weighted by Gasteiger charge is -2.10. The highest BCUT2D eigenvalue weighted by Crippen LogP contribution is 2.25. The molecule has 16 heavy (non-hydrogen) atoms. The maximum absolute atomic E-state index is 11.4. The molecular formula is C11H13ClO4. The van der Waals surface area contributed by atoms with Crippen molar-refractivity contribution in [3.8, 4) is 11.5 Å². The zero-order valence-electron chi connectivity index (χ0n) is 9.16. The first kappa shape index (κ1) is 12.6. The van der Waals surface area contributed by atoms with Crippen LogP contribution in [0.4, 0.5) is 0 Å². The summed E-state index contributed by atoms with van der Waals surface area (Å²) in [4.78, 5) is 11.4. The zero-order chi connectivity index (χ0) is 12.0. The molecule has 0 aliphatic carbocycles. The first-order chi connectivity index (χ1) is 7.72. The van der Waals surface area contributed by atoms with Crippen LogP contribution in [0.1, 0.15) is 10.4 Å². The molecule has 0 aliphatic rings. The number of methoxy groups -OCH3 is 2. The first-order valence-corrected chi connectivity index (χ1v) is 5.21. The minimum absolute atomic E-state index is 0.318. The molecule has 0 radical (unpaired) electrons. The van der Waals surface area contributed by atoms with Crippen molar-refractivity contribution in [1.82, 2.24) is 0 Å². The number of ether oxygens (including phenoxy) is 3. The summed E-state index contributed by atoms with van der Waals surface area (Å²) in [6.07, 6.45) is 0. The third-order valence-corrected chi connectivity index (χ3v) is 2.08.